The van der Waals surface area contributed by atoms with Crippen molar-refractivity contribution in [2.45, 2.75) is 64.5 Å². The number of hydrogen-bond donors (Lipinski definition) is 1. The Morgan fingerprint density at radius 2 is 1.65 bits per heavy atom. The second-order valence-corrected chi connectivity index (χ2v) is 7.31. The first kappa shape index (κ1) is 15.8. The van der Waals surface area contributed by atoms with Crippen LogP contribution in [0.1, 0.15) is 52.9 Å². The number of amides is 1. The molecular formula is C16H31N3O. The quantitative estimate of drug-likeness (QED) is 0.857. The Morgan fingerprint density at radius 1 is 1.05 bits per heavy atom. The molecule has 0 bridgehead atoms. The van der Waals surface area contributed by atoms with E-state index >= 15 is 0 Å². The zero-order valence-corrected chi connectivity index (χ0v) is 13.5. The molecular weight excluding hydrogens is 250 g/mol. The maximum atomic E-state index is 12.2. The van der Waals surface area contributed by atoms with Crippen molar-refractivity contribution in [2.24, 2.45) is 0 Å². The lowest BCUT2D eigenvalue weighted by Gasteiger charge is -2.40. The van der Waals surface area contributed by atoms with Gasteiger partial charge in [-0.2, -0.15) is 0 Å². The van der Waals surface area contributed by atoms with Gasteiger partial charge in [0.1, 0.15) is 0 Å². The van der Waals surface area contributed by atoms with Crippen LogP contribution in [0.3, 0.4) is 0 Å². The van der Waals surface area contributed by atoms with Gasteiger partial charge in [0.15, 0.2) is 0 Å². The standard InChI is InChI=1S/C16H31N3O/c1-16(2,3)17-13-15(20)19-11-7-14(8-12-19)18-9-5-4-6-10-18/h14,17H,4-13H2,1-3H3. The van der Waals surface area contributed by atoms with Crippen molar-refractivity contribution in [3.05, 3.63) is 0 Å². The van der Waals surface area contributed by atoms with E-state index in [1.165, 1.54) is 32.4 Å². The molecule has 0 aromatic heterocycles. The van der Waals surface area contributed by atoms with Crippen molar-refractivity contribution < 1.29 is 4.79 Å². The van der Waals surface area contributed by atoms with E-state index in [9.17, 15) is 4.79 Å². The molecule has 2 aliphatic rings. The number of carbonyl (C=O) groups is 1. The second kappa shape index (κ2) is 6.90. The van der Waals surface area contributed by atoms with Crippen molar-refractivity contribution >= 4 is 5.91 Å². The average molecular weight is 281 g/mol. The van der Waals surface area contributed by atoms with Gasteiger partial charge in [-0.15, -0.1) is 0 Å². The highest BCUT2D eigenvalue weighted by Crippen LogP contribution is 2.20. The first-order chi connectivity index (χ1) is 9.46. The van der Waals surface area contributed by atoms with Crippen LogP contribution in [-0.2, 0) is 4.79 Å². The van der Waals surface area contributed by atoms with E-state index in [2.05, 4.69) is 31.0 Å². The summed E-state index contributed by atoms with van der Waals surface area (Å²) in [5, 5.41) is 3.29. The summed E-state index contributed by atoms with van der Waals surface area (Å²) >= 11 is 0. The molecule has 1 amide bonds. The lowest BCUT2D eigenvalue weighted by Crippen LogP contribution is -2.51. The lowest BCUT2D eigenvalue weighted by molar-refractivity contribution is -0.132. The summed E-state index contributed by atoms with van der Waals surface area (Å²) < 4.78 is 0. The van der Waals surface area contributed by atoms with Gasteiger partial charge in [0, 0.05) is 24.7 Å². The van der Waals surface area contributed by atoms with Gasteiger partial charge in [0.05, 0.1) is 6.54 Å². The van der Waals surface area contributed by atoms with Crippen molar-refractivity contribution in [1.29, 1.82) is 0 Å². The average Bonchev–Trinajstić information content (AvgIpc) is 2.45. The Labute approximate surface area is 123 Å². The zero-order valence-electron chi connectivity index (χ0n) is 13.5. The molecule has 4 nitrogen and oxygen atoms in total. The van der Waals surface area contributed by atoms with Crippen LogP contribution in [0.4, 0.5) is 0 Å². The minimum Gasteiger partial charge on any atom is -0.341 e. The van der Waals surface area contributed by atoms with Gasteiger partial charge in [-0.05, 0) is 59.5 Å². The largest absolute Gasteiger partial charge is 0.341 e. The maximum Gasteiger partial charge on any atom is 0.236 e. The fourth-order valence-corrected chi connectivity index (χ4v) is 3.22. The Hall–Kier alpha value is -0.610. The molecule has 0 atom stereocenters. The fourth-order valence-electron chi connectivity index (χ4n) is 3.22. The van der Waals surface area contributed by atoms with Gasteiger partial charge in [0.25, 0.3) is 0 Å². The highest BCUT2D eigenvalue weighted by Gasteiger charge is 2.27. The Balaban J connectivity index is 1.71. The fraction of sp³-hybridized carbons (Fsp3) is 0.938. The predicted molar refractivity (Wildman–Crippen MR) is 82.8 cm³/mol. The number of nitrogens with one attached hydrogen (secondary N) is 1. The van der Waals surface area contributed by atoms with Crippen LogP contribution in [0.5, 0.6) is 0 Å². The summed E-state index contributed by atoms with van der Waals surface area (Å²) in [5.74, 6) is 0.261. The number of piperidine rings is 2. The smallest absolute Gasteiger partial charge is 0.236 e. The van der Waals surface area contributed by atoms with E-state index in [1.807, 2.05) is 4.90 Å². The molecule has 2 fully saturated rings. The Morgan fingerprint density at radius 3 is 2.20 bits per heavy atom. The van der Waals surface area contributed by atoms with Gasteiger partial charge in [-0.1, -0.05) is 6.42 Å². The summed E-state index contributed by atoms with van der Waals surface area (Å²) in [6, 6.07) is 0.718. The van der Waals surface area contributed by atoms with Crippen molar-refractivity contribution in [2.75, 3.05) is 32.7 Å². The minimum atomic E-state index is 0.0157. The molecule has 0 spiro atoms. The van der Waals surface area contributed by atoms with E-state index in [0.717, 1.165) is 32.0 Å². The van der Waals surface area contributed by atoms with Crippen molar-refractivity contribution in [3.63, 3.8) is 0 Å². The van der Waals surface area contributed by atoms with Crippen LogP contribution < -0.4 is 5.32 Å². The third-order valence-corrected chi connectivity index (χ3v) is 4.49. The topological polar surface area (TPSA) is 35.6 Å². The summed E-state index contributed by atoms with van der Waals surface area (Å²) in [6.45, 7) is 11.2. The van der Waals surface area contributed by atoms with Gasteiger partial charge in [-0.3, -0.25) is 4.79 Å². The first-order valence-corrected chi connectivity index (χ1v) is 8.22. The molecule has 20 heavy (non-hydrogen) atoms. The SMILES string of the molecule is CC(C)(C)NCC(=O)N1CCC(N2CCCCC2)CC1. The number of nitrogens with zero attached hydrogens (tertiary/aromatic N) is 2. The molecule has 2 saturated heterocycles. The molecule has 0 unspecified atom stereocenters. The van der Waals surface area contributed by atoms with E-state index in [0.29, 0.717) is 6.54 Å². The molecule has 4 heteroatoms. The van der Waals surface area contributed by atoms with Crippen LogP contribution in [0.15, 0.2) is 0 Å². The minimum absolute atomic E-state index is 0.0157. The molecule has 0 aromatic rings. The van der Waals surface area contributed by atoms with E-state index in [4.69, 9.17) is 0 Å². The third kappa shape index (κ3) is 4.74. The molecule has 2 aliphatic heterocycles. The Kier molecular flexibility index (Phi) is 5.44. The van der Waals surface area contributed by atoms with Crippen molar-refractivity contribution in [1.82, 2.24) is 15.1 Å². The molecule has 0 aromatic carbocycles. The van der Waals surface area contributed by atoms with Gasteiger partial charge < -0.3 is 15.1 Å². The lowest BCUT2D eigenvalue weighted by atomic mass is 10.00. The van der Waals surface area contributed by atoms with Crippen LogP contribution in [0.2, 0.25) is 0 Å². The summed E-state index contributed by atoms with van der Waals surface area (Å²) in [4.78, 5) is 16.9. The van der Waals surface area contributed by atoms with Crippen LogP contribution >= 0.6 is 0 Å². The number of likely N-dealkylation sites (tertiary alicyclic amines) is 2. The van der Waals surface area contributed by atoms with Gasteiger partial charge in [0.2, 0.25) is 5.91 Å². The van der Waals surface area contributed by atoms with Gasteiger partial charge >= 0.3 is 0 Å². The normalized spacial score (nSPS) is 23.1. The predicted octanol–water partition coefficient (Wildman–Crippen LogP) is 1.85. The number of carbonyl (C=O) groups excluding carboxylic acids is 1. The van der Waals surface area contributed by atoms with E-state index < -0.39 is 0 Å². The van der Waals surface area contributed by atoms with E-state index in [1.54, 1.807) is 0 Å². The Bertz CT molecular complexity index is 310. The van der Waals surface area contributed by atoms with Crippen LogP contribution in [-0.4, -0.2) is 60.0 Å². The molecule has 0 radical (unpaired) electrons. The number of hydrogen-bond acceptors (Lipinski definition) is 3. The molecule has 1 N–H and O–H groups in total. The summed E-state index contributed by atoms with van der Waals surface area (Å²) in [7, 11) is 0. The molecule has 2 heterocycles. The zero-order chi connectivity index (χ0) is 14.6. The first-order valence-electron chi connectivity index (χ1n) is 8.22. The van der Waals surface area contributed by atoms with Gasteiger partial charge in [-0.25, -0.2) is 0 Å². The molecule has 116 valence electrons. The number of rotatable bonds is 3. The van der Waals surface area contributed by atoms with Crippen LogP contribution in [0, 0.1) is 0 Å². The highest BCUT2D eigenvalue weighted by molar-refractivity contribution is 5.78. The van der Waals surface area contributed by atoms with E-state index in [-0.39, 0.29) is 11.4 Å². The summed E-state index contributed by atoms with van der Waals surface area (Å²) in [5.41, 5.74) is 0.0157. The molecule has 0 aliphatic carbocycles. The molecule has 0 saturated carbocycles. The monoisotopic (exact) mass is 281 g/mol. The van der Waals surface area contributed by atoms with Crippen LogP contribution in [0.25, 0.3) is 0 Å². The summed E-state index contributed by atoms with van der Waals surface area (Å²) in [6.07, 6.45) is 6.41. The maximum absolute atomic E-state index is 12.2. The molecule has 2 rings (SSSR count). The second-order valence-electron chi connectivity index (χ2n) is 7.31. The van der Waals surface area contributed by atoms with Crippen molar-refractivity contribution in [3.8, 4) is 0 Å². The highest BCUT2D eigenvalue weighted by atomic mass is 16.2. The third-order valence-electron chi connectivity index (χ3n) is 4.49.